The molecule has 0 radical (unpaired) electrons. The summed E-state index contributed by atoms with van der Waals surface area (Å²) in [7, 11) is 0. The van der Waals surface area contributed by atoms with Crippen LogP contribution in [0.15, 0.2) is 45.9 Å². The summed E-state index contributed by atoms with van der Waals surface area (Å²) in [6, 6.07) is 11.5. The minimum absolute atomic E-state index is 0.0503. The fourth-order valence-electron chi connectivity index (χ4n) is 2.73. The van der Waals surface area contributed by atoms with Gasteiger partial charge in [0.2, 0.25) is 5.91 Å². The minimum atomic E-state index is -0.0503. The lowest BCUT2D eigenvalue weighted by Gasteiger charge is -2.20. The van der Waals surface area contributed by atoms with Gasteiger partial charge in [0, 0.05) is 23.2 Å². The Bertz CT molecular complexity index is 685. The molecule has 1 aromatic heterocycles. The van der Waals surface area contributed by atoms with E-state index in [4.69, 9.17) is 0 Å². The number of anilines is 2. The molecule has 0 unspecified atom stereocenters. The number of aromatic nitrogens is 2. The number of rotatable bonds is 5. The third-order valence-corrected chi connectivity index (χ3v) is 5.48. The van der Waals surface area contributed by atoms with Crippen molar-refractivity contribution in [3.05, 3.63) is 40.9 Å². The maximum Gasteiger partial charge on any atom is 0.234 e. The molecule has 5 nitrogen and oxygen atoms in total. The molecular weight excluding hydrogens is 400 g/mol. The van der Waals surface area contributed by atoms with Crippen LogP contribution < -0.4 is 10.2 Å². The molecule has 1 N–H and O–H groups in total. The van der Waals surface area contributed by atoms with Gasteiger partial charge in [-0.05, 0) is 49.2 Å². The molecule has 2 aromatic rings. The predicted molar refractivity (Wildman–Crippen MR) is 106 cm³/mol. The van der Waals surface area contributed by atoms with Crippen LogP contribution in [-0.2, 0) is 4.79 Å². The van der Waals surface area contributed by atoms with Gasteiger partial charge < -0.3 is 10.2 Å². The van der Waals surface area contributed by atoms with Crippen molar-refractivity contribution in [1.29, 1.82) is 0 Å². The summed E-state index contributed by atoms with van der Waals surface area (Å²) in [6.07, 6.45) is 5.03. The number of nitrogens with one attached hydrogen (secondary N) is 1. The Hall–Kier alpha value is -1.60. The fraction of sp³-hybridized carbons (Fsp3) is 0.389. The topological polar surface area (TPSA) is 58.1 Å². The van der Waals surface area contributed by atoms with E-state index in [0.29, 0.717) is 5.75 Å². The summed E-state index contributed by atoms with van der Waals surface area (Å²) in [5.74, 6) is 1.20. The van der Waals surface area contributed by atoms with Gasteiger partial charge in [0.05, 0.1) is 5.75 Å². The lowest BCUT2D eigenvalue weighted by atomic mass is 10.2. The van der Waals surface area contributed by atoms with Crippen molar-refractivity contribution < 1.29 is 4.79 Å². The Labute approximate surface area is 160 Å². The van der Waals surface area contributed by atoms with Gasteiger partial charge in [0.15, 0.2) is 5.82 Å². The van der Waals surface area contributed by atoms with Crippen LogP contribution in [0.4, 0.5) is 11.5 Å². The normalized spacial score (nSPS) is 14.8. The largest absolute Gasteiger partial charge is 0.355 e. The standard InChI is InChI=1S/C18H21BrN4OS/c19-14-5-7-15(8-6-14)20-17(24)13-25-18-10-9-16(21-22-18)23-11-3-1-2-4-12-23/h5-10H,1-4,11-13H2,(H,20,24). The molecule has 0 atom stereocenters. The van der Waals surface area contributed by atoms with Gasteiger partial charge in [0.1, 0.15) is 5.03 Å². The molecular formula is C18H21BrN4OS. The molecule has 0 aliphatic carbocycles. The lowest BCUT2D eigenvalue weighted by Crippen LogP contribution is -2.25. The zero-order valence-electron chi connectivity index (χ0n) is 13.9. The number of halogens is 1. The Balaban J connectivity index is 1.49. The number of amides is 1. The number of hydrogen-bond donors (Lipinski definition) is 1. The summed E-state index contributed by atoms with van der Waals surface area (Å²) in [4.78, 5) is 14.3. The van der Waals surface area contributed by atoms with Crippen molar-refractivity contribution >= 4 is 45.1 Å². The number of nitrogens with zero attached hydrogens (tertiary/aromatic N) is 3. The van der Waals surface area contributed by atoms with Crippen molar-refractivity contribution in [2.75, 3.05) is 29.1 Å². The van der Waals surface area contributed by atoms with Crippen molar-refractivity contribution in [2.24, 2.45) is 0 Å². The van der Waals surface area contributed by atoms with Gasteiger partial charge in [-0.1, -0.05) is 40.5 Å². The zero-order valence-corrected chi connectivity index (χ0v) is 16.4. The van der Waals surface area contributed by atoms with Crippen LogP contribution in [0.1, 0.15) is 25.7 Å². The SMILES string of the molecule is O=C(CSc1ccc(N2CCCCCC2)nn1)Nc1ccc(Br)cc1. The molecule has 1 amide bonds. The first kappa shape index (κ1) is 18.2. The average molecular weight is 421 g/mol. The molecule has 1 aliphatic rings. The Morgan fingerprint density at radius 2 is 1.76 bits per heavy atom. The van der Waals surface area contributed by atoms with E-state index >= 15 is 0 Å². The van der Waals surface area contributed by atoms with Crippen LogP contribution >= 0.6 is 27.7 Å². The first-order valence-corrected chi connectivity index (χ1v) is 10.3. The lowest BCUT2D eigenvalue weighted by molar-refractivity contribution is -0.113. The van der Waals surface area contributed by atoms with Gasteiger partial charge in [0.25, 0.3) is 0 Å². The number of hydrogen-bond acceptors (Lipinski definition) is 5. The third kappa shape index (κ3) is 5.71. The van der Waals surface area contributed by atoms with Crippen molar-refractivity contribution in [1.82, 2.24) is 10.2 Å². The number of benzene rings is 1. The van der Waals surface area contributed by atoms with Crippen molar-refractivity contribution in [3.8, 4) is 0 Å². The number of carbonyl (C=O) groups excluding carboxylic acids is 1. The van der Waals surface area contributed by atoms with E-state index in [1.54, 1.807) is 0 Å². The average Bonchev–Trinajstić information content (AvgIpc) is 2.92. The first-order chi connectivity index (χ1) is 12.2. The van der Waals surface area contributed by atoms with E-state index in [9.17, 15) is 4.79 Å². The van der Waals surface area contributed by atoms with Crippen LogP contribution in [0, 0.1) is 0 Å². The maximum atomic E-state index is 12.0. The second-order valence-corrected chi connectivity index (χ2v) is 7.89. The predicted octanol–water partition coefficient (Wildman–Crippen LogP) is 4.35. The number of carbonyl (C=O) groups is 1. The van der Waals surface area contributed by atoms with Crippen LogP contribution in [-0.4, -0.2) is 34.9 Å². The number of thioether (sulfide) groups is 1. The second kappa shape index (κ2) is 9.20. The summed E-state index contributed by atoms with van der Waals surface area (Å²) >= 11 is 4.77. The highest BCUT2D eigenvalue weighted by molar-refractivity contribution is 9.10. The summed E-state index contributed by atoms with van der Waals surface area (Å²) in [5.41, 5.74) is 0.788. The molecule has 1 fully saturated rings. The molecule has 1 saturated heterocycles. The van der Waals surface area contributed by atoms with Gasteiger partial charge in [-0.15, -0.1) is 10.2 Å². The quantitative estimate of drug-likeness (QED) is 0.728. The van der Waals surface area contributed by atoms with Gasteiger partial charge in [-0.3, -0.25) is 4.79 Å². The summed E-state index contributed by atoms with van der Waals surface area (Å²) in [5, 5.41) is 12.2. The first-order valence-electron chi connectivity index (χ1n) is 8.47. The van der Waals surface area contributed by atoms with Gasteiger partial charge >= 0.3 is 0 Å². The third-order valence-electron chi connectivity index (χ3n) is 4.04. The molecule has 1 aliphatic heterocycles. The molecule has 1 aromatic carbocycles. The van der Waals surface area contributed by atoms with Crippen LogP contribution in [0.2, 0.25) is 0 Å². The summed E-state index contributed by atoms with van der Waals surface area (Å²) < 4.78 is 0.986. The highest BCUT2D eigenvalue weighted by Gasteiger charge is 2.12. The van der Waals surface area contributed by atoms with Crippen molar-refractivity contribution in [2.45, 2.75) is 30.7 Å². The monoisotopic (exact) mass is 420 g/mol. The van der Waals surface area contributed by atoms with E-state index < -0.39 is 0 Å². The fourth-order valence-corrected chi connectivity index (χ4v) is 3.61. The Morgan fingerprint density at radius 3 is 2.40 bits per heavy atom. The van der Waals surface area contributed by atoms with E-state index in [0.717, 1.165) is 34.1 Å². The second-order valence-electron chi connectivity index (χ2n) is 5.97. The Kier molecular flexibility index (Phi) is 6.69. The van der Waals surface area contributed by atoms with E-state index in [-0.39, 0.29) is 5.91 Å². The van der Waals surface area contributed by atoms with Gasteiger partial charge in [-0.2, -0.15) is 0 Å². The van der Waals surface area contributed by atoms with E-state index in [2.05, 4.69) is 36.3 Å². The molecule has 132 valence electrons. The maximum absolute atomic E-state index is 12.0. The van der Waals surface area contributed by atoms with E-state index in [1.165, 1.54) is 37.4 Å². The van der Waals surface area contributed by atoms with Crippen LogP contribution in [0.3, 0.4) is 0 Å². The molecule has 3 rings (SSSR count). The minimum Gasteiger partial charge on any atom is -0.355 e. The molecule has 0 spiro atoms. The summed E-state index contributed by atoms with van der Waals surface area (Å²) in [6.45, 7) is 2.10. The zero-order chi connectivity index (χ0) is 17.5. The molecule has 2 heterocycles. The van der Waals surface area contributed by atoms with E-state index in [1.807, 2.05) is 36.4 Å². The molecule has 25 heavy (non-hydrogen) atoms. The highest BCUT2D eigenvalue weighted by Crippen LogP contribution is 2.20. The Morgan fingerprint density at radius 1 is 1.04 bits per heavy atom. The molecule has 0 saturated carbocycles. The molecule has 7 heteroatoms. The van der Waals surface area contributed by atoms with Crippen molar-refractivity contribution in [3.63, 3.8) is 0 Å². The smallest absolute Gasteiger partial charge is 0.234 e. The van der Waals surface area contributed by atoms with Crippen LogP contribution in [0.5, 0.6) is 0 Å². The highest BCUT2D eigenvalue weighted by atomic mass is 79.9. The van der Waals surface area contributed by atoms with Gasteiger partial charge in [-0.25, -0.2) is 0 Å². The molecule has 0 bridgehead atoms. The van der Waals surface area contributed by atoms with Crippen LogP contribution in [0.25, 0.3) is 0 Å².